The highest BCUT2D eigenvalue weighted by Gasteiger charge is 2.23. The van der Waals surface area contributed by atoms with Crippen LogP contribution in [0.3, 0.4) is 0 Å². The molecule has 0 bridgehead atoms. The normalized spacial score (nSPS) is 11.2. The molecule has 0 saturated heterocycles. The third-order valence-corrected chi connectivity index (χ3v) is 6.27. The molecule has 2 aromatic carbocycles. The summed E-state index contributed by atoms with van der Waals surface area (Å²) in [4.78, 5) is 12.1. The van der Waals surface area contributed by atoms with Crippen molar-refractivity contribution in [2.45, 2.75) is 12.2 Å². The number of sulfonamides is 1. The Morgan fingerprint density at radius 2 is 1.86 bits per heavy atom. The Kier molecular flexibility index (Phi) is 8.59. The third kappa shape index (κ3) is 7.33. The van der Waals surface area contributed by atoms with Gasteiger partial charge in [-0.15, -0.1) is 0 Å². The highest BCUT2D eigenvalue weighted by Crippen LogP contribution is 2.21. The largest absolute Gasteiger partial charge is 0.354 e. The fourth-order valence-electron chi connectivity index (χ4n) is 2.39. The van der Waals surface area contributed by atoms with Crippen LogP contribution in [0.2, 0.25) is 5.02 Å². The minimum atomic E-state index is -3.79. The molecule has 0 unspecified atom stereocenters. The minimum Gasteiger partial charge on any atom is -0.354 e. The second kappa shape index (κ2) is 10.7. The molecule has 2 rings (SSSR count). The molecule has 0 heterocycles. The molecule has 0 aliphatic carbocycles. The standard InChI is InChI=1S/C19H22ClFN2O3S2/c1-28(25,26)23(18-6-3-2-5-17(18)21)13-19(24)22-11-4-12-27-14-15-7-9-16(20)10-8-15/h2-3,5-10H,4,11-14H2,1H3,(H,22,24). The number of benzene rings is 2. The van der Waals surface area contributed by atoms with Crippen molar-refractivity contribution in [3.05, 3.63) is 64.9 Å². The van der Waals surface area contributed by atoms with Crippen LogP contribution in [-0.2, 0) is 20.6 Å². The molecule has 0 saturated carbocycles. The van der Waals surface area contributed by atoms with E-state index < -0.39 is 28.3 Å². The number of rotatable bonds is 10. The van der Waals surface area contributed by atoms with E-state index in [4.69, 9.17) is 11.6 Å². The number of nitrogens with one attached hydrogen (secondary N) is 1. The van der Waals surface area contributed by atoms with Gasteiger partial charge in [-0.2, -0.15) is 11.8 Å². The monoisotopic (exact) mass is 444 g/mol. The molecule has 0 spiro atoms. The van der Waals surface area contributed by atoms with Gasteiger partial charge in [0.2, 0.25) is 15.9 Å². The molecule has 5 nitrogen and oxygen atoms in total. The van der Waals surface area contributed by atoms with E-state index in [-0.39, 0.29) is 5.69 Å². The first kappa shape index (κ1) is 22.5. The van der Waals surface area contributed by atoms with Crippen LogP contribution in [0.1, 0.15) is 12.0 Å². The van der Waals surface area contributed by atoms with Gasteiger partial charge in [0.05, 0.1) is 11.9 Å². The van der Waals surface area contributed by atoms with Crippen LogP contribution < -0.4 is 9.62 Å². The van der Waals surface area contributed by atoms with E-state index in [1.165, 1.54) is 23.8 Å². The summed E-state index contributed by atoms with van der Waals surface area (Å²) in [5.41, 5.74) is 1.03. The molecule has 0 aliphatic rings. The maximum absolute atomic E-state index is 13.9. The molecule has 1 N–H and O–H groups in total. The maximum atomic E-state index is 13.9. The van der Waals surface area contributed by atoms with Crippen LogP contribution in [0, 0.1) is 5.82 Å². The smallest absolute Gasteiger partial charge is 0.240 e. The molecule has 152 valence electrons. The second-order valence-corrected chi connectivity index (χ2v) is 9.55. The van der Waals surface area contributed by atoms with Crippen molar-refractivity contribution in [3.8, 4) is 0 Å². The van der Waals surface area contributed by atoms with E-state index >= 15 is 0 Å². The third-order valence-electron chi connectivity index (χ3n) is 3.78. The van der Waals surface area contributed by atoms with E-state index in [0.717, 1.165) is 34.6 Å². The van der Waals surface area contributed by atoms with Crippen molar-refractivity contribution in [3.63, 3.8) is 0 Å². The van der Waals surface area contributed by atoms with Crippen LogP contribution in [0.4, 0.5) is 10.1 Å². The summed E-state index contributed by atoms with van der Waals surface area (Å²) in [5, 5.41) is 3.39. The Hall–Kier alpha value is -1.77. The number of nitrogens with zero attached hydrogens (tertiary/aromatic N) is 1. The lowest BCUT2D eigenvalue weighted by atomic mass is 10.2. The fourth-order valence-corrected chi connectivity index (χ4v) is 4.30. The van der Waals surface area contributed by atoms with Crippen LogP contribution in [-0.4, -0.2) is 39.4 Å². The number of hydrogen-bond acceptors (Lipinski definition) is 4. The van der Waals surface area contributed by atoms with Crippen LogP contribution in [0.25, 0.3) is 0 Å². The van der Waals surface area contributed by atoms with E-state index in [9.17, 15) is 17.6 Å². The summed E-state index contributed by atoms with van der Waals surface area (Å²) in [6.07, 6.45) is 1.68. The van der Waals surface area contributed by atoms with E-state index in [1.54, 1.807) is 11.8 Å². The second-order valence-electron chi connectivity index (χ2n) is 6.10. The van der Waals surface area contributed by atoms with E-state index in [1.807, 2.05) is 24.3 Å². The lowest BCUT2D eigenvalue weighted by Crippen LogP contribution is -2.41. The number of amides is 1. The molecule has 0 atom stereocenters. The van der Waals surface area contributed by atoms with Gasteiger partial charge in [0, 0.05) is 17.3 Å². The first-order chi connectivity index (χ1) is 13.3. The first-order valence-electron chi connectivity index (χ1n) is 8.58. The van der Waals surface area contributed by atoms with Gasteiger partial charge < -0.3 is 5.32 Å². The average molecular weight is 445 g/mol. The lowest BCUT2D eigenvalue weighted by Gasteiger charge is -2.22. The highest BCUT2D eigenvalue weighted by molar-refractivity contribution is 7.98. The zero-order chi connectivity index (χ0) is 20.6. The van der Waals surface area contributed by atoms with E-state index in [0.29, 0.717) is 11.6 Å². The molecule has 0 radical (unpaired) electrons. The lowest BCUT2D eigenvalue weighted by molar-refractivity contribution is -0.119. The molecular formula is C19H22ClFN2O3S2. The Labute approximate surface area is 174 Å². The number of hydrogen-bond donors (Lipinski definition) is 1. The predicted octanol–water partition coefficient (Wildman–Crippen LogP) is 3.68. The van der Waals surface area contributed by atoms with E-state index in [2.05, 4.69) is 5.32 Å². The van der Waals surface area contributed by atoms with Gasteiger partial charge in [0.1, 0.15) is 12.4 Å². The quantitative estimate of drug-likeness (QED) is 0.567. The fraction of sp³-hybridized carbons (Fsp3) is 0.316. The van der Waals surface area contributed by atoms with Gasteiger partial charge in [0.25, 0.3) is 0 Å². The topological polar surface area (TPSA) is 66.5 Å². The zero-order valence-electron chi connectivity index (χ0n) is 15.4. The molecule has 0 aromatic heterocycles. The van der Waals surface area contributed by atoms with Gasteiger partial charge in [-0.05, 0) is 42.0 Å². The van der Waals surface area contributed by atoms with Crippen molar-refractivity contribution >= 4 is 45.0 Å². The van der Waals surface area contributed by atoms with Crippen molar-refractivity contribution in [1.82, 2.24) is 5.32 Å². The van der Waals surface area contributed by atoms with Crippen molar-refractivity contribution < 1.29 is 17.6 Å². The number of carbonyl (C=O) groups excluding carboxylic acids is 1. The Morgan fingerprint density at radius 3 is 2.50 bits per heavy atom. The summed E-state index contributed by atoms with van der Waals surface area (Å²) in [6.45, 7) is -0.0426. The molecule has 0 fully saturated rings. The molecule has 28 heavy (non-hydrogen) atoms. The Balaban J connectivity index is 1.76. The van der Waals surface area contributed by atoms with Crippen molar-refractivity contribution in [1.29, 1.82) is 0 Å². The number of halogens is 2. The average Bonchev–Trinajstić information content (AvgIpc) is 2.64. The number of thioether (sulfide) groups is 1. The summed E-state index contributed by atoms with van der Waals surface area (Å²) in [5.74, 6) is 0.516. The van der Waals surface area contributed by atoms with Gasteiger partial charge >= 0.3 is 0 Å². The SMILES string of the molecule is CS(=O)(=O)N(CC(=O)NCCCSCc1ccc(Cl)cc1)c1ccccc1F. The van der Waals surface area contributed by atoms with Gasteiger partial charge in [0.15, 0.2) is 0 Å². The highest BCUT2D eigenvalue weighted by atomic mass is 35.5. The van der Waals surface area contributed by atoms with Crippen LogP contribution in [0.15, 0.2) is 48.5 Å². The van der Waals surface area contributed by atoms with Crippen molar-refractivity contribution in [2.24, 2.45) is 0 Å². The molecular weight excluding hydrogens is 423 g/mol. The molecule has 0 aliphatic heterocycles. The number of anilines is 1. The maximum Gasteiger partial charge on any atom is 0.240 e. The zero-order valence-corrected chi connectivity index (χ0v) is 17.8. The summed E-state index contributed by atoms with van der Waals surface area (Å²) in [6, 6.07) is 13.1. The molecule has 2 aromatic rings. The van der Waals surface area contributed by atoms with Gasteiger partial charge in [-0.1, -0.05) is 35.9 Å². The summed E-state index contributed by atoms with van der Waals surface area (Å²) in [7, 11) is -3.79. The van der Waals surface area contributed by atoms with Gasteiger partial charge in [-0.25, -0.2) is 12.8 Å². The predicted molar refractivity (Wildman–Crippen MR) is 114 cm³/mol. The van der Waals surface area contributed by atoms with Crippen LogP contribution in [0.5, 0.6) is 0 Å². The number of para-hydroxylation sites is 1. The summed E-state index contributed by atoms with van der Waals surface area (Å²) >= 11 is 7.58. The Bertz CT molecular complexity index is 892. The van der Waals surface area contributed by atoms with Crippen molar-refractivity contribution in [2.75, 3.05) is 29.4 Å². The Morgan fingerprint density at radius 1 is 1.18 bits per heavy atom. The first-order valence-corrected chi connectivity index (χ1v) is 12.0. The summed E-state index contributed by atoms with van der Waals surface area (Å²) < 4.78 is 38.6. The number of carbonyl (C=O) groups is 1. The minimum absolute atomic E-state index is 0.140. The molecule has 9 heteroatoms. The van der Waals surface area contributed by atoms with Crippen LogP contribution >= 0.6 is 23.4 Å². The van der Waals surface area contributed by atoms with Gasteiger partial charge in [-0.3, -0.25) is 9.10 Å². The molecule has 1 amide bonds.